The fourth-order valence-corrected chi connectivity index (χ4v) is 3.95. The highest BCUT2D eigenvalue weighted by Crippen LogP contribution is 2.29. The summed E-state index contributed by atoms with van der Waals surface area (Å²) in [5.41, 5.74) is 8.27. The Balaban J connectivity index is 2.04. The summed E-state index contributed by atoms with van der Waals surface area (Å²) in [6.45, 7) is 1.94. The predicted molar refractivity (Wildman–Crippen MR) is 74.7 cm³/mol. The van der Waals surface area contributed by atoms with E-state index >= 15 is 0 Å². The molecule has 1 aromatic heterocycles. The summed E-state index contributed by atoms with van der Waals surface area (Å²) in [7, 11) is 1.94. The predicted octanol–water partition coefficient (Wildman–Crippen LogP) is 2.54. The second-order valence-electron chi connectivity index (χ2n) is 4.74. The van der Waals surface area contributed by atoms with E-state index in [0.717, 1.165) is 22.8 Å². The van der Waals surface area contributed by atoms with Crippen LogP contribution in [0.15, 0.2) is 0 Å². The van der Waals surface area contributed by atoms with Gasteiger partial charge < -0.3 is 5.73 Å². The summed E-state index contributed by atoms with van der Waals surface area (Å²) in [5, 5.41) is 5.69. The molecule has 2 atom stereocenters. The Morgan fingerprint density at radius 3 is 2.88 bits per heavy atom. The lowest BCUT2D eigenvalue weighted by molar-refractivity contribution is 0.542. The van der Waals surface area contributed by atoms with Gasteiger partial charge in [0.05, 0.1) is 16.4 Å². The van der Waals surface area contributed by atoms with Gasteiger partial charge in [-0.3, -0.25) is 4.68 Å². The van der Waals surface area contributed by atoms with E-state index in [1.165, 1.54) is 25.0 Å². The molecule has 2 rings (SSSR count). The molecule has 17 heavy (non-hydrogen) atoms. The standard InChI is InChI=1S/C12H20ClN3S/c1-8-12(13)10(16(2)15-8)7-9(14)11-5-3-4-6-17-11/h9,11H,3-7,14H2,1-2H3. The molecule has 0 bridgehead atoms. The van der Waals surface area contributed by atoms with Crippen molar-refractivity contribution in [3.05, 3.63) is 16.4 Å². The van der Waals surface area contributed by atoms with Crippen LogP contribution in [0.4, 0.5) is 0 Å². The monoisotopic (exact) mass is 273 g/mol. The summed E-state index contributed by atoms with van der Waals surface area (Å²) in [6.07, 6.45) is 4.71. The van der Waals surface area contributed by atoms with E-state index in [-0.39, 0.29) is 6.04 Å². The first-order valence-electron chi connectivity index (χ1n) is 6.14. The second kappa shape index (κ2) is 5.63. The average molecular weight is 274 g/mol. The second-order valence-corrected chi connectivity index (χ2v) is 6.47. The highest BCUT2D eigenvalue weighted by Gasteiger charge is 2.23. The Labute approximate surface area is 112 Å². The molecule has 96 valence electrons. The van der Waals surface area contributed by atoms with Gasteiger partial charge in [0.15, 0.2) is 0 Å². The number of nitrogens with zero attached hydrogens (tertiary/aromatic N) is 2. The van der Waals surface area contributed by atoms with Gasteiger partial charge in [-0.25, -0.2) is 0 Å². The summed E-state index contributed by atoms with van der Waals surface area (Å²) in [4.78, 5) is 0. The van der Waals surface area contributed by atoms with Gasteiger partial charge in [0.1, 0.15) is 0 Å². The molecule has 1 aliphatic rings. The van der Waals surface area contributed by atoms with Crippen LogP contribution in [0.2, 0.25) is 5.02 Å². The number of thioether (sulfide) groups is 1. The molecule has 2 heterocycles. The van der Waals surface area contributed by atoms with Crippen LogP contribution in [-0.4, -0.2) is 26.8 Å². The summed E-state index contributed by atoms with van der Waals surface area (Å²) in [5.74, 6) is 1.25. The maximum Gasteiger partial charge on any atom is 0.0847 e. The zero-order valence-corrected chi connectivity index (χ0v) is 12.0. The van der Waals surface area contributed by atoms with Crippen molar-refractivity contribution in [2.45, 2.75) is 43.9 Å². The van der Waals surface area contributed by atoms with Crippen molar-refractivity contribution in [1.29, 1.82) is 0 Å². The van der Waals surface area contributed by atoms with Crippen LogP contribution in [0, 0.1) is 6.92 Å². The van der Waals surface area contributed by atoms with Gasteiger partial charge in [-0.15, -0.1) is 0 Å². The van der Waals surface area contributed by atoms with Crippen LogP contribution in [0.25, 0.3) is 0 Å². The van der Waals surface area contributed by atoms with Crippen LogP contribution in [0.1, 0.15) is 30.7 Å². The average Bonchev–Trinajstić information content (AvgIpc) is 2.57. The van der Waals surface area contributed by atoms with Gasteiger partial charge in [0, 0.05) is 24.8 Å². The number of aryl methyl sites for hydroxylation is 2. The Hall–Kier alpha value is -0.190. The molecule has 0 saturated carbocycles. The Morgan fingerprint density at radius 1 is 1.59 bits per heavy atom. The van der Waals surface area contributed by atoms with Gasteiger partial charge in [0.2, 0.25) is 0 Å². The lowest BCUT2D eigenvalue weighted by Gasteiger charge is -2.27. The van der Waals surface area contributed by atoms with Crippen LogP contribution in [-0.2, 0) is 13.5 Å². The normalized spacial score (nSPS) is 22.7. The topological polar surface area (TPSA) is 43.8 Å². The molecule has 1 saturated heterocycles. The van der Waals surface area contributed by atoms with Crippen molar-refractivity contribution in [1.82, 2.24) is 9.78 Å². The molecule has 0 spiro atoms. The Kier molecular flexibility index (Phi) is 4.39. The number of hydrogen-bond donors (Lipinski definition) is 1. The highest BCUT2D eigenvalue weighted by molar-refractivity contribution is 8.00. The smallest absolute Gasteiger partial charge is 0.0847 e. The molecule has 5 heteroatoms. The zero-order chi connectivity index (χ0) is 12.4. The number of halogens is 1. The van der Waals surface area contributed by atoms with Crippen LogP contribution in [0.3, 0.4) is 0 Å². The van der Waals surface area contributed by atoms with Crippen molar-refractivity contribution in [3.63, 3.8) is 0 Å². The fourth-order valence-electron chi connectivity index (χ4n) is 2.36. The van der Waals surface area contributed by atoms with Crippen LogP contribution >= 0.6 is 23.4 Å². The van der Waals surface area contributed by atoms with Crippen molar-refractivity contribution in [2.75, 3.05) is 5.75 Å². The molecule has 0 radical (unpaired) electrons. The fraction of sp³-hybridized carbons (Fsp3) is 0.750. The van der Waals surface area contributed by atoms with E-state index in [0.29, 0.717) is 5.25 Å². The minimum absolute atomic E-state index is 0.188. The van der Waals surface area contributed by atoms with Crippen molar-refractivity contribution in [2.24, 2.45) is 12.8 Å². The molecule has 1 aromatic rings. The van der Waals surface area contributed by atoms with Crippen molar-refractivity contribution in [3.8, 4) is 0 Å². The minimum Gasteiger partial charge on any atom is -0.326 e. The first-order valence-corrected chi connectivity index (χ1v) is 7.57. The lowest BCUT2D eigenvalue weighted by atomic mass is 10.0. The highest BCUT2D eigenvalue weighted by atomic mass is 35.5. The van der Waals surface area contributed by atoms with Crippen molar-refractivity contribution >= 4 is 23.4 Å². The first-order chi connectivity index (χ1) is 8.09. The van der Waals surface area contributed by atoms with E-state index < -0.39 is 0 Å². The number of rotatable bonds is 3. The Bertz CT molecular complexity index is 385. The number of aromatic nitrogens is 2. The van der Waals surface area contributed by atoms with Gasteiger partial charge in [-0.1, -0.05) is 18.0 Å². The molecule has 3 nitrogen and oxygen atoms in total. The van der Waals surface area contributed by atoms with E-state index in [4.69, 9.17) is 17.3 Å². The van der Waals surface area contributed by atoms with E-state index in [2.05, 4.69) is 5.10 Å². The largest absolute Gasteiger partial charge is 0.326 e. The van der Waals surface area contributed by atoms with E-state index in [9.17, 15) is 0 Å². The third kappa shape index (κ3) is 2.98. The van der Waals surface area contributed by atoms with Gasteiger partial charge >= 0.3 is 0 Å². The van der Waals surface area contributed by atoms with Gasteiger partial charge in [0.25, 0.3) is 0 Å². The molecule has 2 N–H and O–H groups in total. The first kappa shape index (κ1) is 13.2. The molecule has 0 amide bonds. The maximum absolute atomic E-state index is 6.31. The number of hydrogen-bond acceptors (Lipinski definition) is 3. The van der Waals surface area contributed by atoms with Gasteiger partial charge in [-0.2, -0.15) is 16.9 Å². The molecule has 1 fully saturated rings. The lowest BCUT2D eigenvalue weighted by Crippen LogP contribution is -2.36. The summed E-state index contributed by atoms with van der Waals surface area (Å²) < 4.78 is 1.87. The van der Waals surface area contributed by atoms with Gasteiger partial charge in [-0.05, 0) is 25.5 Å². The molecule has 0 aromatic carbocycles. The summed E-state index contributed by atoms with van der Waals surface area (Å²) in [6, 6.07) is 0.188. The third-order valence-corrected chi connectivity index (χ3v) is 5.41. The van der Waals surface area contributed by atoms with Crippen LogP contribution < -0.4 is 5.73 Å². The van der Waals surface area contributed by atoms with E-state index in [1.54, 1.807) is 0 Å². The molecule has 0 aliphatic carbocycles. The maximum atomic E-state index is 6.31. The van der Waals surface area contributed by atoms with E-state index in [1.807, 2.05) is 30.4 Å². The number of nitrogens with two attached hydrogens (primary N) is 1. The van der Waals surface area contributed by atoms with Crippen LogP contribution in [0.5, 0.6) is 0 Å². The summed E-state index contributed by atoms with van der Waals surface area (Å²) >= 11 is 8.26. The Morgan fingerprint density at radius 2 is 2.35 bits per heavy atom. The van der Waals surface area contributed by atoms with Crippen molar-refractivity contribution < 1.29 is 0 Å². The molecular formula is C12H20ClN3S. The molecule has 1 aliphatic heterocycles. The SMILES string of the molecule is Cc1nn(C)c(CC(N)C2CCCCS2)c1Cl. The molecule has 2 unspecified atom stereocenters. The third-order valence-electron chi connectivity index (χ3n) is 3.38. The minimum atomic E-state index is 0.188. The molecular weight excluding hydrogens is 254 g/mol. The quantitative estimate of drug-likeness (QED) is 0.920. The zero-order valence-electron chi connectivity index (χ0n) is 10.4.